The molecule has 0 fully saturated rings. The third-order valence-electron chi connectivity index (χ3n) is 3.13. The number of nitrogens with zero attached hydrogens (tertiary/aromatic N) is 1. The van der Waals surface area contributed by atoms with E-state index < -0.39 is 17.4 Å². The standard InChI is InChI=1S/C14H24N2O4/c1-9(13(19)20)7-10(2)16(6)12(18)11(15-8-17)14(3,4)5/h7-8,10-11H,1-6H3,(H,15,17)(H,19,20)/b9-7+. The molecule has 0 saturated carbocycles. The van der Waals surface area contributed by atoms with Crippen molar-refractivity contribution in [3.8, 4) is 0 Å². The van der Waals surface area contributed by atoms with Gasteiger partial charge in [0.25, 0.3) is 0 Å². The van der Waals surface area contributed by atoms with E-state index in [9.17, 15) is 14.4 Å². The zero-order valence-electron chi connectivity index (χ0n) is 12.9. The summed E-state index contributed by atoms with van der Waals surface area (Å²) in [5.74, 6) is -1.28. The number of carboxylic acids is 1. The second-order valence-electron chi connectivity index (χ2n) is 5.93. The number of amides is 2. The number of likely N-dealkylation sites (N-methyl/N-ethyl adjacent to an activating group) is 1. The largest absolute Gasteiger partial charge is 0.478 e. The van der Waals surface area contributed by atoms with Gasteiger partial charge >= 0.3 is 5.97 Å². The molecule has 2 amide bonds. The Morgan fingerprint density at radius 2 is 1.80 bits per heavy atom. The van der Waals surface area contributed by atoms with Gasteiger partial charge in [-0.05, 0) is 19.3 Å². The zero-order valence-corrected chi connectivity index (χ0v) is 12.9. The summed E-state index contributed by atoms with van der Waals surface area (Å²) < 4.78 is 0. The summed E-state index contributed by atoms with van der Waals surface area (Å²) in [6.07, 6.45) is 2.01. The van der Waals surface area contributed by atoms with Gasteiger partial charge < -0.3 is 15.3 Å². The Kier molecular flexibility index (Phi) is 6.42. The molecule has 0 aliphatic heterocycles. The lowest BCUT2D eigenvalue weighted by molar-refractivity contribution is -0.137. The van der Waals surface area contributed by atoms with Crippen molar-refractivity contribution >= 4 is 18.3 Å². The monoisotopic (exact) mass is 284 g/mol. The molecule has 0 bridgehead atoms. The topological polar surface area (TPSA) is 86.7 Å². The molecule has 0 radical (unpaired) electrons. The minimum absolute atomic E-state index is 0.174. The van der Waals surface area contributed by atoms with Crippen LogP contribution in [0.15, 0.2) is 11.6 Å². The summed E-state index contributed by atoms with van der Waals surface area (Å²) in [5, 5.41) is 11.4. The first-order valence-corrected chi connectivity index (χ1v) is 6.40. The van der Waals surface area contributed by atoms with Crippen molar-refractivity contribution in [2.75, 3.05) is 7.05 Å². The lowest BCUT2D eigenvalue weighted by Gasteiger charge is -2.34. The molecule has 0 aliphatic carbocycles. The summed E-state index contributed by atoms with van der Waals surface area (Å²) in [5.41, 5.74) is -0.259. The Morgan fingerprint density at radius 3 is 2.15 bits per heavy atom. The molecule has 0 rings (SSSR count). The van der Waals surface area contributed by atoms with Crippen LogP contribution < -0.4 is 5.32 Å². The van der Waals surface area contributed by atoms with Crippen LogP contribution in [0, 0.1) is 5.41 Å². The molecule has 114 valence electrons. The number of carbonyl (C=O) groups is 3. The number of rotatable bonds is 6. The van der Waals surface area contributed by atoms with Gasteiger partial charge in [0.05, 0.1) is 0 Å². The van der Waals surface area contributed by atoms with Gasteiger partial charge in [0.2, 0.25) is 12.3 Å². The second kappa shape index (κ2) is 7.07. The summed E-state index contributed by atoms with van der Waals surface area (Å²) in [4.78, 5) is 35.3. The molecule has 6 heteroatoms. The number of nitrogens with one attached hydrogen (secondary N) is 1. The minimum atomic E-state index is -1.02. The maximum Gasteiger partial charge on any atom is 0.331 e. The van der Waals surface area contributed by atoms with E-state index in [-0.39, 0.29) is 17.5 Å². The fourth-order valence-corrected chi connectivity index (χ4v) is 1.71. The van der Waals surface area contributed by atoms with Gasteiger partial charge in [0.1, 0.15) is 6.04 Å². The quantitative estimate of drug-likeness (QED) is 0.563. The first-order chi connectivity index (χ1) is 9.02. The van der Waals surface area contributed by atoms with Gasteiger partial charge in [-0.1, -0.05) is 26.8 Å². The van der Waals surface area contributed by atoms with Gasteiger partial charge in [-0.15, -0.1) is 0 Å². The van der Waals surface area contributed by atoms with Gasteiger partial charge in [0, 0.05) is 18.7 Å². The third kappa shape index (κ3) is 5.03. The lowest BCUT2D eigenvalue weighted by Crippen LogP contribution is -2.53. The Hall–Kier alpha value is -1.85. The van der Waals surface area contributed by atoms with Crippen molar-refractivity contribution in [1.82, 2.24) is 10.2 Å². The minimum Gasteiger partial charge on any atom is -0.478 e. The maximum absolute atomic E-state index is 12.4. The highest BCUT2D eigenvalue weighted by Crippen LogP contribution is 2.21. The van der Waals surface area contributed by atoms with E-state index in [2.05, 4.69) is 5.32 Å². The maximum atomic E-state index is 12.4. The summed E-state index contributed by atoms with van der Waals surface area (Å²) in [7, 11) is 1.59. The van der Waals surface area contributed by atoms with E-state index >= 15 is 0 Å². The van der Waals surface area contributed by atoms with Gasteiger partial charge in [-0.25, -0.2) is 4.79 Å². The van der Waals surface area contributed by atoms with Crippen LogP contribution in [-0.4, -0.2) is 47.4 Å². The van der Waals surface area contributed by atoms with Gasteiger partial charge in [-0.2, -0.15) is 0 Å². The van der Waals surface area contributed by atoms with Crippen LogP contribution >= 0.6 is 0 Å². The predicted octanol–water partition coefficient (Wildman–Crippen LogP) is 1.02. The van der Waals surface area contributed by atoms with Crippen molar-refractivity contribution < 1.29 is 19.5 Å². The predicted molar refractivity (Wildman–Crippen MR) is 76.1 cm³/mol. The molecular formula is C14H24N2O4. The normalized spacial score (nSPS) is 15.2. The van der Waals surface area contributed by atoms with E-state index in [1.54, 1.807) is 14.0 Å². The van der Waals surface area contributed by atoms with Crippen LogP contribution in [0.2, 0.25) is 0 Å². The molecule has 0 spiro atoms. The van der Waals surface area contributed by atoms with Gasteiger partial charge in [0.15, 0.2) is 0 Å². The average molecular weight is 284 g/mol. The molecule has 0 aromatic heterocycles. The Balaban J connectivity index is 5.12. The molecular weight excluding hydrogens is 260 g/mol. The first-order valence-electron chi connectivity index (χ1n) is 6.40. The molecule has 0 heterocycles. The molecule has 6 nitrogen and oxygen atoms in total. The van der Waals surface area contributed by atoms with Crippen LogP contribution in [0.4, 0.5) is 0 Å². The highest BCUT2D eigenvalue weighted by molar-refractivity contribution is 5.87. The Morgan fingerprint density at radius 1 is 1.30 bits per heavy atom. The van der Waals surface area contributed by atoms with Crippen LogP contribution in [0.25, 0.3) is 0 Å². The first kappa shape index (κ1) is 18.1. The third-order valence-corrected chi connectivity index (χ3v) is 3.13. The summed E-state index contributed by atoms with van der Waals surface area (Å²) >= 11 is 0. The number of hydrogen-bond donors (Lipinski definition) is 2. The van der Waals surface area contributed by atoms with E-state index in [1.807, 2.05) is 20.8 Å². The molecule has 0 aromatic carbocycles. The molecule has 2 unspecified atom stereocenters. The van der Waals surface area contributed by atoms with Crippen molar-refractivity contribution in [1.29, 1.82) is 0 Å². The highest BCUT2D eigenvalue weighted by atomic mass is 16.4. The van der Waals surface area contributed by atoms with Crippen molar-refractivity contribution in [3.63, 3.8) is 0 Å². The van der Waals surface area contributed by atoms with Crippen molar-refractivity contribution in [2.24, 2.45) is 5.41 Å². The highest BCUT2D eigenvalue weighted by Gasteiger charge is 2.34. The van der Waals surface area contributed by atoms with E-state index in [0.29, 0.717) is 6.41 Å². The Bertz CT molecular complexity index is 410. The average Bonchev–Trinajstić information content (AvgIpc) is 2.32. The van der Waals surface area contributed by atoms with Crippen LogP contribution in [-0.2, 0) is 14.4 Å². The van der Waals surface area contributed by atoms with Crippen LogP contribution in [0.5, 0.6) is 0 Å². The lowest BCUT2D eigenvalue weighted by atomic mass is 9.85. The summed E-state index contributed by atoms with van der Waals surface area (Å²) in [6, 6.07) is -1.04. The zero-order chi connectivity index (χ0) is 16.1. The van der Waals surface area contributed by atoms with Crippen LogP contribution in [0.3, 0.4) is 0 Å². The molecule has 0 aromatic rings. The molecule has 2 atom stereocenters. The van der Waals surface area contributed by atoms with Crippen molar-refractivity contribution in [3.05, 3.63) is 11.6 Å². The second-order valence-corrected chi connectivity index (χ2v) is 5.93. The van der Waals surface area contributed by atoms with Crippen molar-refractivity contribution in [2.45, 2.75) is 46.7 Å². The SMILES string of the molecule is C/C(=C\C(C)N(C)C(=O)C(NC=O)C(C)(C)C)C(=O)O. The summed E-state index contributed by atoms with van der Waals surface area (Å²) in [6.45, 7) is 8.75. The smallest absolute Gasteiger partial charge is 0.331 e. The molecule has 0 aliphatic rings. The van der Waals surface area contributed by atoms with E-state index in [0.717, 1.165) is 0 Å². The Labute approximate surface area is 119 Å². The number of aliphatic carboxylic acids is 1. The van der Waals surface area contributed by atoms with Crippen LogP contribution in [0.1, 0.15) is 34.6 Å². The fraction of sp³-hybridized carbons (Fsp3) is 0.643. The molecule has 0 saturated heterocycles. The molecule has 2 N–H and O–H groups in total. The number of carbonyl (C=O) groups excluding carboxylic acids is 2. The fourth-order valence-electron chi connectivity index (χ4n) is 1.71. The van der Waals surface area contributed by atoms with E-state index in [1.165, 1.54) is 17.9 Å². The van der Waals surface area contributed by atoms with E-state index in [4.69, 9.17) is 5.11 Å². The number of hydrogen-bond acceptors (Lipinski definition) is 3. The number of carboxylic acid groups (broad SMARTS) is 1. The van der Waals surface area contributed by atoms with Gasteiger partial charge in [-0.3, -0.25) is 9.59 Å². The molecule has 20 heavy (non-hydrogen) atoms.